The number of hydrogen-bond donors (Lipinski definition) is 1. The topological polar surface area (TPSA) is 35.6 Å². The van der Waals surface area contributed by atoms with E-state index in [0.29, 0.717) is 18.4 Å². The lowest BCUT2D eigenvalue weighted by molar-refractivity contribution is -0.131. The molecule has 3 rings (SSSR count). The highest BCUT2D eigenvalue weighted by Crippen LogP contribution is 2.21. The Hall–Kier alpha value is -1.26. The Morgan fingerprint density at radius 3 is 2.76 bits per heavy atom. The largest absolute Gasteiger partial charge is 0.368 e. The van der Waals surface area contributed by atoms with Crippen LogP contribution in [0.3, 0.4) is 0 Å². The second-order valence-electron chi connectivity index (χ2n) is 5.85. The summed E-state index contributed by atoms with van der Waals surface area (Å²) in [6.07, 6.45) is 2.98. The van der Waals surface area contributed by atoms with Crippen LogP contribution in [0.2, 0.25) is 5.02 Å². The fourth-order valence-corrected chi connectivity index (χ4v) is 3.34. The van der Waals surface area contributed by atoms with E-state index in [1.165, 1.54) is 6.42 Å². The summed E-state index contributed by atoms with van der Waals surface area (Å²) in [5.41, 5.74) is 1.15. The minimum Gasteiger partial charge on any atom is -0.368 e. The first kappa shape index (κ1) is 14.7. The molecule has 1 aromatic rings. The van der Waals surface area contributed by atoms with Gasteiger partial charge in [-0.25, -0.2) is 0 Å². The maximum atomic E-state index is 12.3. The predicted molar refractivity (Wildman–Crippen MR) is 85.9 cm³/mol. The summed E-state index contributed by atoms with van der Waals surface area (Å²) >= 11 is 6.04. The number of nitrogens with zero attached hydrogens (tertiary/aromatic N) is 2. The van der Waals surface area contributed by atoms with Crippen molar-refractivity contribution >= 4 is 23.2 Å². The lowest BCUT2D eigenvalue weighted by atomic mass is 10.1. The van der Waals surface area contributed by atoms with E-state index in [2.05, 4.69) is 16.3 Å². The molecule has 2 fully saturated rings. The Labute approximate surface area is 131 Å². The fourth-order valence-electron chi connectivity index (χ4n) is 3.16. The molecule has 1 unspecified atom stereocenters. The number of rotatable bonds is 3. The number of hydrogen-bond acceptors (Lipinski definition) is 3. The summed E-state index contributed by atoms with van der Waals surface area (Å²) in [6, 6.07) is 8.32. The van der Waals surface area contributed by atoms with Crippen LogP contribution in [-0.2, 0) is 4.79 Å². The highest BCUT2D eigenvalue weighted by Gasteiger charge is 2.24. The first-order valence-electron chi connectivity index (χ1n) is 7.74. The second-order valence-corrected chi connectivity index (χ2v) is 6.28. The molecule has 2 saturated heterocycles. The van der Waals surface area contributed by atoms with E-state index in [-0.39, 0.29) is 0 Å². The number of carbonyl (C=O) groups is 1. The Morgan fingerprint density at radius 2 is 2.10 bits per heavy atom. The molecule has 4 nitrogen and oxygen atoms in total. The Bertz CT molecular complexity index is 494. The van der Waals surface area contributed by atoms with Crippen molar-refractivity contribution in [3.8, 4) is 0 Å². The minimum absolute atomic E-state index is 0.292. The van der Waals surface area contributed by atoms with Crippen LogP contribution in [0.1, 0.15) is 19.3 Å². The Morgan fingerprint density at radius 1 is 1.29 bits per heavy atom. The quantitative estimate of drug-likeness (QED) is 0.929. The van der Waals surface area contributed by atoms with Gasteiger partial charge in [-0.1, -0.05) is 17.7 Å². The first-order chi connectivity index (χ1) is 10.2. The average molecular weight is 308 g/mol. The zero-order chi connectivity index (χ0) is 14.7. The molecule has 5 heteroatoms. The van der Waals surface area contributed by atoms with E-state index < -0.39 is 0 Å². The molecule has 1 atom stereocenters. The molecule has 0 bridgehead atoms. The molecule has 2 heterocycles. The normalized spacial score (nSPS) is 22.6. The zero-order valence-corrected chi connectivity index (χ0v) is 13.0. The van der Waals surface area contributed by atoms with Crippen LogP contribution in [0.25, 0.3) is 0 Å². The van der Waals surface area contributed by atoms with Crippen LogP contribution in [-0.4, -0.2) is 49.6 Å². The van der Waals surface area contributed by atoms with E-state index in [1.54, 1.807) is 0 Å². The molecular formula is C16H22ClN3O. The standard InChI is InChI=1S/C16H22ClN3O/c17-13-3-1-5-15(11-13)19-7-9-20(10-8-19)16(21)12-14-4-2-6-18-14/h1,3,5,11,14,18H,2,4,6-10,12H2. The maximum Gasteiger partial charge on any atom is 0.224 e. The molecule has 0 radical (unpaired) electrons. The third kappa shape index (κ3) is 3.69. The third-order valence-electron chi connectivity index (χ3n) is 4.39. The number of nitrogens with one attached hydrogen (secondary N) is 1. The van der Waals surface area contributed by atoms with Gasteiger partial charge in [0.2, 0.25) is 5.91 Å². The monoisotopic (exact) mass is 307 g/mol. The van der Waals surface area contributed by atoms with Crippen molar-refractivity contribution in [2.45, 2.75) is 25.3 Å². The van der Waals surface area contributed by atoms with Crippen molar-refractivity contribution in [1.29, 1.82) is 0 Å². The lowest BCUT2D eigenvalue weighted by Crippen LogP contribution is -2.49. The lowest BCUT2D eigenvalue weighted by Gasteiger charge is -2.36. The third-order valence-corrected chi connectivity index (χ3v) is 4.62. The summed E-state index contributed by atoms with van der Waals surface area (Å²) < 4.78 is 0. The summed E-state index contributed by atoms with van der Waals surface area (Å²) in [6.45, 7) is 4.42. The highest BCUT2D eigenvalue weighted by atomic mass is 35.5. The summed E-state index contributed by atoms with van der Waals surface area (Å²) in [5, 5.41) is 4.16. The van der Waals surface area contributed by atoms with Gasteiger partial charge in [-0.2, -0.15) is 0 Å². The van der Waals surface area contributed by atoms with Crippen LogP contribution >= 0.6 is 11.6 Å². The molecule has 2 aliphatic heterocycles. The van der Waals surface area contributed by atoms with E-state index in [1.807, 2.05) is 23.1 Å². The molecule has 1 amide bonds. The molecule has 0 saturated carbocycles. The minimum atomic E-state index is 0.292. The molecule has 21 heavy (non-hydrogen) atoms. The number of halogens is 1. The average Bonchev–Trinajstić information content (AvgIpc) is 3.00. The maximum absolute atomic E-state index is 12.3. The van der Waals surface area contributed by atoms with Crippen LogP contribution in [0.5, 0.6) is 0 Å². The summed E-state index contributed by atoms with van der Waals surface area (Å²) in [4.78, 5) is 16.6. The first-order valence-corrected chi connectivity index (χ1v) is 8.12. The Kier molecular flexibility index (Phi) is 4.66. The van der Waals surface area contributed by atoms with Gasteiger partial charge in [-0.15, -0.1) is 0 Å². The molecule has 114 valence electrons. The molecule has 0 aliphatic carbocycles. The molecule has 1 N–H and O–H groups in total. The van der Waals surface area contributed by atoms with E-state index >= 15 is 0 Å². The van der Waals surface area contributed by atoms with Crippen molar-refractivity contribution in [3.05, 3.63) is 29.3 Å². The van der Waals surface area contributed by atoms with Crippen LogP contribution < -0.4 is 10.2 Å². The van der Waals surface area contributed by atoms with Gasteiger partial charge in [0.15, 0.2) is 0 Å². The summed E-state index contributed by atoms with van der Waals surface area (Å²) in [5.74, 6) is 0.292. The number of benzene rings is 1. The van der Waals surface area contributed by atoms with Gasteiger partial charge in [0.05, 0.1) is 0 Å². The van der Waals surface area contributed by atoms with Crippen molar-refractivity contribution in [3.63, 3.8) is 0 Å². The van der Waals surface area contributed by atoms with Crippen LogP contribution in [0.15, 0.2) is 24.3 Å². The molecule has 1 aromatic carbocycles. The Balaban J connectivity index is 1.51. The number of carbonyl (C=O) groups excluding carboxylic acids is 1. The van der Waals surface area contributed by atoms with Gasteiger partial charge in [0, 0.05) is 49.4 Å². The van der Waals surface area contributed by atoms with Gasteiger partial charge in [0.1, 0.15) is 0 Å². The number of piperazine rings is 1. The van der Waals surface area contributed by atoms with Gasteiger partial charge < -0.3 is 15.1 Å². The van der Waals surface area contributed by atoms with Crippen LogP contribution in [0, 0.1) is 0 Å². The predicted octanol–water partition coefficient (Wildman–Crippen LogP) is 2.13. The molecule has 0 spiro atoms. The number of anilines is 1. The van der Waals surface area contributed by atoms with E-state index in [0.717, 1.165) is 49.9 Å². The fraction of sp³-hybridized carbons (Fsp3) is 0.562. The SMILES string of the molecule is O=C(CC1CCCN1)N1CCN(c2cccc(Cl)c2)CC1. The zero-order valence-electron chi connectivity index (χ0n) is 12.2. The molecule has 0 aromatic heterocycles. The van der Waals surface area contributed by atoms with Gasteiger partial charge in [-0.3, -0.25) is 4.79 Å². The summed E-state index contributed by atoms with van der Waals surface area (Å²) in [7, 11) is 0. The molecule has 2 aliphatic rings. The van der Waals surface area contributed by atoms with Gasteiger partial charge in [0.25, 0.3) is 0 Å². The van der Waals surface area contributed by atoms with Crippen molar-refractivity contribution in [2.24, 2.45) is 0 Å². The molecular weight excluding hydrogens is 286 g/mol. The highest BCUT2D eigenvalue weighted by molar-refractivity contribution is 6.30. The van der Waals surface area contributed by atoms with Gasteiger partial charge in [-0.05, 0) is 37.6 Å². The van der Waals surface area contributed by atoms with Crippen molar-refractivity contribution in [2.75, 3.05) is 37.6 Å². The van der Waals surface area contributed by atoms with E-state index in [4.69, 9.17) is 11.6 Å². The second kappa shape index (κ2) is 6.67. The van der Waals surface area contributed by atoms with Crippen molar-refractivity contribution < 1.29 is 4.79 Å². The van der Waals surface area contributed by atoms with Crippen molar-refractivity contribution in [1.82, 2.24) is 10.2 Å². The smallest absolute Gasteiger partial charge is 0.224 e. The van der Waals surface area contributed by atoms with E-state index in [9.17, 15) is 4.79 Å². The van der Waals surface area contributed by atoms with Gasteiger partial charge >= 0.3 is 0 Å². The van der Waals surface area contributed by atoms with Crippen LogP contribution in [0.4, 0.5) is 5.69 Å². The number of amides is 1.